The zero-order valence-corrected chi connectivity index (χ0v) is 17.0. The Morgan fingerprint density at radius 1 is 1.20 bits per heavy atom. The zero-order valence-electron chi connectivity index (χ0n) is 14.5. The van der Waals surface area contributed by atoms with Crippen molar-refractivity contribution >= 4 is 45.1 Å². The standard InChI is InChI=1S/C19H20N2OS3/c1-19(2)9-13-14(10-22-19)25-17-15(13)16(20-18(21-17)23-3)24-11-12-7-5-4-6-8-12/h4-8H,9-11H2,1-3H3. The number of nitrogens with zero attached hydrogens (tertiary/aromatic N) is 2. The molecular weight excluding hydrogens is 368 g/mol. The Bertz CT molecular complexity index is 906. The maximum atomic E-state index is 6.00. The van der Waals surface area contributed by atoms with Gasteiger partial charge in [-0.3, -0.25) is 0 Å². The third kappa shape index (κ3) is 3.58. The normalized spacial score (nSPS) is 16.1. The van der Waals surface area contributed by atoms with Gasteiger partial charge in [0.1, 0.15) is 9.86 Å². The highest BCUT2D eigenvalue weighted by molar-refractivity contribution is 7.99. The van der Waals surface area contributed by atoms with Crippen molar-refractivity contribution < 1.29 is 4.74 Å². The first-order chi connectivity index (χ1) is 12.1. The molecule has 0 radical (unpaired) electrons. The van der Waals surface area contributed by atoms with Gasteiger partial charge in [-0.15, -0.1) is 23.1 Å². The molecule has 0 saturated heterocycles. The molecule has 6 heteroatoms. The second-order valence-electron chi connectivity index (χ2n) is 6.70. The zero-order chi connectivity index (χ0) is 17.4. The summed E-state index contributed by atoms with van der Waals surface area (Å²) in [5, 5.41) is 3.20. The van der Waals surface area contributed by atoms with E-state index in [0.29, 0.717) is 6.61 Å². The molecule has 25 heavy (non-hydrogen) atoms. The van der Waals surface area contributed by atoms with E-state index in [4.69, 9.17) is 14.7 Å². The SMILES string of the molecule is CSc1nc(SCc2ccccc2)c2c3c(sc2n1)COC(C)(C)C3. The molecule has 1 aliphatic rings. The van der Waals surface area contributed by atoms with E-state index in [9.17, 15) is 0 Å². The summed E-state index contributed by atoms with van der Waals surface area (Å²) in [6.07, 6.45) is 2.95. The van der Waals surface area contributed by atoms with E-state index in [0.717, 1.165) is 27.2 Å². The summed E-state index contributed by atoms with van der Waals surface area (Å²) in [7, 11) is 0. The minimum atomic E-state index is -0.124. The average Bonchev–Trinajstić information content (AvgIpc) is 2.97. The second-order valence-corrected chi connectivity index (χ2v) is 9.52. The van der Waals surface area contributed by atoms with Gasteiger partial charge in [0, 0.05) is 22.4 Å². The largest absolute Gasteiger partial charge is 0.370 e. The predicted octanol–water partition coefficient (Wildman–Crippen LogP) is 5.56. The van der Waals surface area contributed by atoms with Gasteiger partial charge < -0.3 is 4.74 Å². The molecule has 0 bridgehead atoms. The van der Waals surface area contributed by atoms with E-state index in [1.54, 1.807) is 23.1 Å². The maximum Gasteiger partial charge on any atom is 0.189 e. The monoisotopic (exact) mass is 388 g/mol. The molecule has 1 aromatic carbocycles. The third-order valence-corrected chi connectivity index (χ3v) is 6.97. The fourth-order valence-corrected chi connectivity index (χ4v) is 5.67. The Balaban J connectivity index is 1.77. The van der Waals surface area contributed by atoms with Gasteiger partial charge in [0.2, 0.25) is 0 Å². The first kappa shape index (κ1) is 17.3. The number of rotatable bonds is 4. The van der Waals surface area contributed by atoms with Crippen LogP contribution < -0.4 is 0 Å². The van der Waals surface area contributed by atoms with Gasteiger partial charge in [0.15, 0.2) is 5.16 Å². The number of hydrogen-bond acceptors (Lipinski definition) is 6. The predicted molar refractivity (Wildman–Crippen MR) is 108 cm³/mol. The smallest absolute Gasteiger partial charge is 0.189 e. The molecule has 0 aliphatic carbocycles. The lowest BCUT2D eigenvalue weighted by Crippen LogP contribution is -2.31. The number of thiophene rings is 1. The molecule has 0 unspecified atom stereocenters. The number of ether oxygens (including phenoxy) is 1. The van der Waals surface area contributed by atoms with Crippen molar-refractivity contribution in [1.82, 2.24) is 9.97 Å². The van der Waals surface area contributed by atoms with Crippen LogP contribution in [-0.4, -0.2) is 21.8 Å². The average molecular weight is 389 g/mol. The molecule has 3 nitrogen and oxygen atoms in total. The van der Waals surface area contributed by atoms with Crippen LogP contribution in [0.4, 0.5) is 0 Å². The minimum Gasteiger partial charge on any atom is -0.370 e. The maximum absolute atomic E-state index is 6.00. The van der Waals surface area contributed by atoms with Crippen LogP contribution >= 0.6 is 34.9 Å². The van der Waals surface area contributed by atoms with Gasteiger partial charge in [-0.1, -0.05) is 42.1 Å². The Morgan fingerprint density at radius 2 is 2.00 bits per heavy atom. The summed E-state index contributed by atoms with van der Waals surface area (Å²) in [5.74, 6) is 0.922. The molecule has 3 aromatic rings. The highest BCUT2D eigenvalue weighted by Crippen LogP contribution is 2.42. The van der Waals surface area contributed by atoms with Crippen molar-refractivity contribution in [3.63, 3.8) is 0 Å². The van der Waals surface area contributed by atoms with Crippen LogP contribution in [0.15, 0.2) is 40.5 Å². The summed E-state index contributed by atoms with van der Waals surface area (Å²) >= 11 is 5.18. The van der Waals surface area contributed by atoms with Gasteiger partial charge in [0.25, 0.3) is 0 Å². The van der Waals surface area contributed by atoms with Crippen LogP contribution in [0.5, 0.6) is 0 Å². The molecule has 4 rings (SSSR count). The first-order valence-corrected chi connectivity index (χ1v) is 11.3. The van der Waals surface area contributed by atoms with Crippen molar-refractivity contribution in [3.8, 4) is 0 Å². The highest BCUT2D eigenvalue weighted by Gasteiger charge is 2.31. The van der Waals surface area contributed by atoms with E-state index in [-0.39, 0.29) is 5.60 Å². The van der Waals surface area contributed by atoms with Gasteiger partial charge in [-0.05, 0) is 31.2 Å². The van der Waals surface area contributed by atoms with Gasteiger partial charge >= 0.3 is 0 Å². The second kappa shape index (κ2) is 6.91. The lowest BCUT2D eigenvalue weighted by Gasteiger charge is -2.30. The van der Waals surface area contributed by atoms with Crippen molar-refractivity contribution in [1.29, 1.82) is 0 Å². The van der Waals surface area contributed by atoms with Crippen LogP contribution in [0.1, 0.15) is 29.9 Å². The molecular formula is C19H20N2OS3. The minimum absolute atomic E-state index is 0.124. The van der Waals surface area contributed by atoms with Crippen molar-refractivity contribution in [2.45, 2.75) is 48.4 Å². The first-order valence-electron chi connectivity index (χ1n) is 8.23. The van der Waals surface area contributed by atoms with E-state index < -0.39 is 0 Å². The Kier molecular flexibility index (Phi) is 4.79. The molecule has 2 aromatic heterocycles. The Labute approximate surface area is 160 Å². The molecule has 0 N–H and O–H groups in total. The lowest BCUT2D eigenvalue weighted by atomic mass is 9.95. The molecule has 0 amide bonds. The van der Waals surface area contributed by atoms with Gasteiger partial charge in [0.05, 0.1) is 12.2 Å². The quantitative estimate of drug-likeness (QED) is 0.332. The summed E-state index contributed by atoms with van der Waals surface area (Å²) < 4.78 is 6.00. The van der Waals surface area contributed by atoms with Gasteiger partial charge in [-0.25, -0.2) is 9.97 Å². The summed E-state index contributed by atoms with van der Waals surface area (Å²) in [6.45, 7) is 5.00. The molecule has 130 valence electrons. The van der Waals surface area contributed by atoms with Crippen molar-refractivity contribution in [2.24, 2.45) is 0 Å². The molecule has 0 saturated carbocycles. The van der Waals surface area contributed by atoms with Crippen LogP contribution in [-0.2, 0) is 23.5 Å². The summed E-state index contributed by atoms with van der Waals surface area (Å²) in [4.78, 5) is 12.0. The topological polar surface area (TPSA) is 35.0 Å². The Morgan fingerprint density at radius 3 is 2.76 bits per heavy atom. The fraction of sp³-hybridized carbons (Fsp3) is 0.368. The van der Waals surface area contributed by atoms with E-state index in [1.807, 2.05) is 18.0 Å². The molecule has 3 heterocycles. The summed E-state index contributed by atoms with van der Waals surface area (Å²) in [5.41, 5.74) is 2.58. The van der Waals surface area contributed by atoms with E-state index >= 15 is 0 Å². The van der Waals surface area contributed by atoms with Crippen LogP contribution in [0, 0.1) is 0 Å². The number of fused-ring (bicyclic) bond motifs is 3. The molecule has 0 fully saturated rings. The molecule has 0 spiro atoms. The number of hydrogen-bond donors (Lipinski definition) is 0. The Hall–Kier alpha value is -1.08. The van der Waals surface area contributed by atoms with Crippen LogP contribution in [0.3, 0.4) is 0 Å². The van der Waals surface area contributed by atoms with E-state index in [2.05, 4.69) is 44.2 Å². The molecule has 0 atom stereocenters. The van der Waals surface area contributed by atoms with Crippen molar-refractivity contribution in [3.05, 3.63) is 46.3 Å². The van der Waals surface area contributed by atoms with Crippen LogP contribution in [0.25, 0.3) is 10.2 Å². The number of thioether (sulfide) groups is 2. The van der Waals surface area contributed by atoms with E-state index in [1.165, 1.54) is 21.4 Å². The number of benzene rings is 1. The van der Waals surface area contributed by atoms with Crippen molar-refractivity contribution in [2.75, 3.05) is 6.26 Å². The van der Waals surface area contributed by atoms with Crippen LogP contribution in [0.2, 0.25) is 0 Å². The molecule has 1 aliphatic heterocycles. The van der Waals surface area contributed by atoms with Gasteiger partial charge in [-0.2, -0.15) is 0 Å². The third-order valence-electron chi connectivity index (χ3n) is 4.28. The lowest BCUT2D eigenvalue weighted by molar-refractivity contribution is -0.0379. The summed E-state index contributed by atoms with van der Waals surface area (Å²) in [6, 6.07) is 10.6. The fourth-order valence-electron chi connectivity index (χ4n) is 3.01. The number of aromatic nitrogens is 2. The highest BCUT2D eigenvalue weighted by atomic mass is 32.2.